The molecule has 2 heteroatoms. The van der Waals surface area contributed by atoms with Gasteiger partial charge in [-0.2, -0.15) is 0 Å². The Morgan fingerprint density at radius 1 is 1.29 bits per heavy atom. The molecule has 1 heterocycles. The first-order chi connectivity index (χ1) is 8.07. The third-order valence-electron chi connectivity index (χ3n) is 5.05. The second-order valence-electron chi connectivity index (χ2n) is 5.95. The van der Waals surface area contributed by atoms with E-state index in [0.29, 0.717) is 11.6 Å². The molecule has 0 spiro atoms. The lowest BCUT2D eigenvalue weighted by atomic mass is 9.91. The monoisotopic (exact) mass is 240 g/mol. The van der Waals surface area contributed by atoms with Crippen LogP contribution < -0.4 is 5.32 Å². The average molecular weight is 240 g/mol. The molecule has 0 amide bonds. The molecule has 1 rings (SSSR count). The van der Waals surface area contributed by atoms with Crippen LogP contribution in [0.3, 0.4) is 0 Å². The van der Waals surface area contributed by atoms with Gasteiger partial charge in [-0.25, -0.2) is 0 Å². The van der Waals surface area contributed by atoms with Gasteiger partial charge in [0.05, 0.1) is 0 Å². The van der Waals surface area contributed by atoms with Gasteiger partial charge in [-0.1, -0.05) is 34.1 Å². The van der Waals surface area contributed by atoms with Crippen LogP contribution in [-0.2, 0) is 0 Å². The molecule has 1 fully saturated rings. The van der Waals surface area contributed by atoms with Crippen LogP contribution in [0.2, 0.25) is 0 Å². The fourth-order valence-corrected chi connectivity index (χ4v) is 2.80. The summed E-state index contributed by atoms with van der Waals surface area (Å²) in [6, 6.07) is 0.680. The molecule has 0 saturated carbocycles. The molecule has 2 atom stereocenters. The number of hydrogen-bond donors (Lipinski definition) is 1. The summed E-state index contributed by atoms with van der Waals surface area (Å²) in [6.07, 6.45) is 5.09. The molecule has 1 aliphatic heterocycles. The summed E-state index contributed by atoms with van der Waals surface area (Å²) in [7, 11) is 0. The Kier molecular flexibility index (Phi) is 5.94. The van der Waals surface area contributed by atoms with Crippen molar-refractivity contribution in [1.82, 2.24) is 10.2 Å². The molecule has 0 aromatic heterocycles. The van der Waals surface area contributed by atoms with Crippen molar-refractivity contribution in [2.45, 2.75) is 71.9 Å². The Morgan fingerprint density at radius 3 is 2.47 bits per heavy atom. The second-order valence-corrected chi connectivity index (χ2v) is 5.95. The van der Waals surface area contributed by atoms with E-state index in [-0.39, 0.29) is 0 Å². The van der Waals surface area contributed by atoms with Crippen LogP contribution in [0.1, 0.15) is 60.3 Å². The number of nitrogens with one attached hydrogen (secondary N) is 1. The summed E-state index contributed by atoms with van der Waals surface area (Å²) in [5.74, 6) is 0.786. The third-order valence-corrected chi connectivity index (χ3v) is 5.05. The van der Waals surface area contributed by atoms with Crippen molar-refractivity contribution in [1.29, 1.82) is 0 Å². The highest BCUT2D eigenvalue weighted by Gasteiger charge is 2.32. The predicted molar refractivity (Wildman–Crippen MR) is 76.4 cm³/mol. The zero-order chi connectivity index (χ0) is 12.9. The van der Waals surface area contributed by atoms with E-state index >= 15 is 0 Å². The van der Waals surface area contributed by atoms with Crippen LogP contribution in [0.15, 0.2) is 0 Å². The van der Waals surface area contributed by atoms with Crippen LogP contribution in [-0.4, -0.2) is 36.1 Å². The minimum absolute atomic E-state index is 0.401. The van der Waals surface area contributed by atoms with Gasteiger partial charge in [-0.15, -0.1) is 0 Å². The van der Waals surface area contributed by atoms with Gasteiger partial charge >= 0.3 is 0 Å². The molecule has 0 bridgehead atoms. The molecule has 2 nitrogen and oxygen atoms in total. The van der Waals surface area contributed by atoms with Gasteiger partial charge in [-0.05, 0) is 45.2 Å². The largest absolute Gasteiger partial charge is 0.312 e. The minimum Gasteiger partial charge on any atom is -0.312 e. The van der Waals surface area contributed by atoms with Gasteiger partial charge in [-0.3, -0.25) is 4.90 Å². The predicted octanol–water partition coefficient (Wildman–Crippen LogP) is 3.28. The number of nitrogens with zero attached hydrogens (tertiary/aromatic N) is 1. The topological polar surface area (TPSA) is 15.3 Å². The molecule has 0 aliphatic carbocycles. The Bertz CT molecular complexity index is 211. The van der Waals surface area contributed by atoms with E-state index in [9.17, 15) is 0 Å². The van der Waals surface area contributed by atoms with Crippen molar-refractivity contribution in [3.63, 3.8) is 0 Å². The first-order valence-electron chi connectivity index (χ1n) is 7.55. The maximum absolute atomic E-state index is 3.74. The zero-order valence-electron chi connectivity index (χ0n) is 12.6. The smallest absolute Gasteiger partial charge is 0.0220 e. The number of hydrogen-bond acceptors (Lipinski definition) is 2. The maximum Gasteiger partial charge on any atom is 0.0220 e. The van der Waals surface area contributed by atoms with Crippen LogP contribution in [0.5, 0.6) is 0 Å². The van der Waals surface area contributed by atoms with Crippen LogP contribution in [0.4, 0.5) is 0 Å². The van der Waals surface area contributed by atoms with Crippen molar-refractivity contribution < 1.29 is 0 Å². The average Bonchev–Trinajstić information content (AvgIpc) is 2.63. The first-order valence-corrected chi connectivity index (χ1v) is 7.55. The standard InChI is InChI=1S/C15H32N2/c1-6-13(4)14-12-17(11-9-10-16-14)15(5,7-2)8-3/h13-14,16H,6-12H2,1-5H3. The van der Waals surface area contributed by atoms with E-state index < -0.39 is 0 Å². The summed E-state index contributed by atoms with van der Waals surface area (Å²) in [5, 5.41) is 3.74. The van der Waals surface area contributed by atoms with Crippen molar-refractivity contribution in [2.24, 2.45) is 5.92 Å². The molecule has 1 N–H and O–H groups in total. The van der Waals surface area contributed by atoms with E-state index in [4.69, 9.17) is 0 Å². The summed E-state index contributed by atoms with van der Waals surface area (Å²) in [5.41, 5.74) is 0.401. The van der Waals surface area contributed by atoms with Crippen molar-refractivity contribution in [3.8, 4) is 0 Å². The highest BCUT2D eigenvalue weighted by Crippen LogP contribution is 2.26. The van der Waals surface area contributed by atoms with Crippen LogP contribution in [0.25, 0.3) is 0 Å². The van der Waals surface area contributed by atoms with Crippen molar-refractivity contribution in [2.75, 3.05) is 19.6 Å². The quantitative estimate of drug-likeness (QED) is 0.793. The summed E-state index contributed by atoms with van der Waals surface area (Å²) in [6.45, 7) is 15.5. The number of rotatable bonds is 5. The van der Waals surface area contributed by atoms with E-state index in [2.05, 4.69) is 44.8 Å². The molecule has 2 unspecified atom stereocenters. The minimum atomic E-state index is 0.401. The third kappa shape index (κ3) is 3.69. The van der Waals surface area contributed by atoms with Gasteiger partial charge < -0.3 is 5.32 Å². The Balaban J connectivity index is 2.71. The van der Waals surface area contributed by atoms with E-state index in [1.165, 1.54) is 45.3 Å². The lowest BCUT2D eigenvalue weighted by Gasteiger charge is -2.42. The summed E-state index contributed by atoms with van der Waals surface area (Å²) < 4.78 is 0. The van der Waals surface area contributed by atoms with Gasteiger partial charge in [0.2, 0.25) is 0 Å². The molecule has 1 saturated heterocycles. The fraction of sp³-hybridized carbons (Fsp3) is 1.00. The Hall–Kier alpha value is -0.0800. The molecule has 102 valence electrons. The van der Waals surface area contributed by atoms with Crippen molar-refractivity contribution >= 4 is 0 Å². The molecular weight excluding hydrogens is 208 g/mol. The van der Waals surface area contributed by atoms with E-state index in [0.717, 1.165) is 5.92 Å². The first kappa shape index (κ1) is 15.0. The van der Waals surface area contributed by atoms with Crippen molar-refractivity contribution in [3.05, 3.63) is 0 Å². The molecule has 0 radical (unpaired) electrons. The molecule has 17 heavy (non-hydrogen) atoms. The highest BCUT2D eigenvalue weighted by molar-refractivity contribution is 4.89. The molecule has 0 aromatic rings. The van der Waals surface area contributed by atoms with Crippen LogP contribution in [0, 0.1) is 5.92 Å². The van der Waals surface area contributed by atoms with E-state index in [1.807, 2.05) is 0 Å². The summed E-state index contributed by atoms with van der Waals surface area (Å²) >= 11 is 0. The zero-order valence-corrected chi connectivity index (χ0v) is 12.6. The lowest BCUT2D eigenvalue weighted by Crippen LogP contribution is -2.51. The van der Waals surface area contributed by atoms with Crippen LogP contribution >= 0.6 is 0 Å². The van der Waals surface area contributed by atoms with Gasteiger partial charge in [0.15, 0.2) is 0 Å². The molecule has 0 aromatic carbocycles. The molecule has 1 aliphatic rings. The normalized spacial score (nSPS) is 25.6. The Labute approximate surface area is 108 Å². The Morgan fingerprint density at radius 2 is 1.94 bits per heavy atom. The fourth-order valence-electron chi connectivity index (χ4n) is 2.80. The molecular formula is C15H32N2. The maximum atomic E-state index is 3.74. The van der Waals surface area contributed by atoms with Gasteiger partial charge in [0.25, 0.3) is 0 Å². The second kappa shape index (κ2) is 6.75. The van der Waals surface area contributed by atoms with Gasteiger partial charge in [0, 0.05) is 18.1 Å². The highest BCUT2D eigenvalue weighted by atomic mass is 15.2. The summed E-state index contributed by atoms with van der Waals surface area (Å²) in [4.78, 5) is 2.74. The van der Waals surface area contributed by atoms with Gasteiger partial charge in [0.1, 0.15) is 0 Å². The SMILES string of the molecule is CCC(C)C1CN(C(C)(CC)CC)CCCN1. The lowest BCUT2D eigenvalue weighted by molar-refractivity contribution is 0.0853. The van der Waals surface area contributed by atoms with E-state index in [1.54, 1.807) is 0 Å².